The number of rotatable bonds is 8. The van der Waals surface area contributed by atoms with E-state index in [9.17, 15) is 0 Å². The maximum atomic E-state index is 6.30. The van der Waals surface area contributed by atoms with Crippen LogP contribution in [0.2, 0.25) is 0 Å². The monoisotopic (exact) mass is 447 g/mol. The van der Waals surface area contributed by atoms with Gasteiger partial charge in [0.05, 0.1) is 23.3 Å². The van der Waals surface area contributed by atoms with Gasteiger partial charge in [0.2, 0.25) is 0 Å². The second-order valence-corrected chi connectivity index (χ2v) is 9.53. The van der Waals surface area contributed by atoms with Crippen LogP contribution in [0.5, 0.6) is 5.75 Å². The zero-order valence-corrected chi connectivity index (χ0v) is 20.6. The average molecular weight is 447 g/mol. The molecule has 0 radical (unpaired) electrons. The quantitative estimate of drug-likeness (QED) is 0.444. The van der Waals surface area contributed by atoms with Crippen LogP contribution in [-0.4, -0.2) is 29.9 Å². The Bertz CT molecular complexity index is 1110. The van der Waals surface area contributed by atoms with E-state index >= 15 is 0 Å². The number of ether oxygens (including phenoxy) is 2. The summed E-state index contributed by atoms with van der Waals surface area (Å²) in [6.45, 7) is 14.0. The summed E-state index contributed by atoms with van der Waals surface area (Å²) < 4.78 is 24.7. The Kier molecular flexibility index (Phi) is 6.80. The molecule has 6 heteroatoms. The Hall–Kier alpha value is -2.41. The number of para-hydroxylation sites is 1. The lowest BCUT2D eigenvalue weighted by Crippen LogP contribution is -2.41. The van der Waals surface area contributed by atoms with Gasteiger partial charge in [0.15, 0.2) is 0 Å². The van der Waals surface area contributed by atoms with Crippen LogP contribution in [-0.2, 0) is 33.7 Å². The molecule has 1 saturated heterocycles. The van der Waals surface area contributed by atoms with E-state index in [-0.39, 0.29) is 11.2 Å². The van der Waals surface area contributed by atoms with Gasteiger partial charge in [-0.15, -0.1) is 0 Å². The highest BCUT2D eigenvalue weighted by Crippen LogP contribution is 2.37. The molecule has 0 atom stereocenters. The van der Waals surface area contributed by atoms with Crippen molar-refractivity contribution in [3.8, 4) is 5.75 Å². The van der Waals surface area contributed by atoms with Gasteiger partial charge < -0.3 is 18.8 Å². The van der Waals surface area contributed by atoms with Crippen molar-refractivity contribution in [3.05, 3.63) is 65.4 Å². The molecule has 1 aliphatic heterocycles. The van der Waals surface area contributed by atoms with Gasteiger partial charge in [0, 0.05) is 23.8 Å². The minimum atomic E-state index is -0.420. The van der Waals surface area contributed by atoms with Crippen LogP contribution in [0.3, 0.4) is 0 Å². The first-order valence-electron chi connectivity index (χ1n) is 11.8. The van der Waals surface area contributed by atoms with Crippen molar-refractivity contribution in [3.63, 3.8) is 0 Å². The molecule has 33 heavy (non-hydrogen) atoms. The smallest absolute Gasteiger partial charge is 0.488 e. The van der Waals surface area contributed by atoms with E-state index in [0.717, 1.165) is 45.4 Å². The highest BCUT2D eigenvalue weighted by molar-refractivity contribution is 6.62. The van der Waals surface area contributed by atoms with Crippen molar-refractivity contribution in [1.29, 1.82) is 0 Å². The highest BCUT2D eigenvalue weighted by Gasteiger charge is 2.52. The Morgan fingerprint density at radius 2 is 1.64 bits per heavy atom. The van der Waals surface area contributed by atoms with Crippen molar-refractivity contribution < 1.29 is 18.8 Å². The molecular weight excluding hydrogens is 413 g/mol. The summed E-state index contributed by atoms with van der Waals surface area (Å²) in [7, 11) is -0.420. The maximum absolute atomic E-state index is 6.30. The molecule has 0 spiro atoms. The fraction of sp³-hybridized carbons (Fsp3) is 0.444. The lowest BCUT2D eigenvalue weighted by Gasteiger charge is -2.32. The normalized spacial score (nSPS) is 17.0. The third kappa shape index (κ3) is 4.93. The molecule has 1 aliphatic rings. The molecule has 5 nitrogen and oxygen atoms in total. The lowest BCUT2D eigenvalue weighted by atomic mass is 9.75. The van der Waals surface area contributed by atoms with Gasteiger partial charge in [-0.3, -0.25) is 4.98 Å². The third-order valence-corrected chi connectivity index (χ3v) is 6.66. The highest BCUT2D eigenvalue weighted by atomic mass is 16.7. The van der Waals surface area contributed by atoms with E-state index in [2.05, 4.69) is 58.9 Å². The third-order valence-electron chi connectivity index (χ3n) is 6.66. The molecule has 2 aromatic carbocycles. The predicted octanol–water partition coefficient (Wildman–Crippen LogP) is 5.21. The van der Waals surface area contributed by atoms with Crippen LogP contribution in [0.25, 0.3) is 10.9 Å². The summed E-state index contributed by atoms with van der Waals surface area (Å²) in [6, 6.07) is 16.5. The minimum absolute atomic E-state index is 0.387. The number of hydrogen-bond acceptors (Lipinski definition) is 5. The van der Waals surface area contributed by atoms with E-state index in [1.54, 1.807) is 0 Å². The molecular formula is C27H34BNO4. The van der Waals surface area contributed by atoms with Gasteiger partial charge in [-0.1, -0.05) is 37.3 Å². The Morgan fingerprint density at radius 1 is 0.909 bits per heavy atom. The second kappa shape index (κ2) is 9.45. The van der Waals surface area contributed by atoms with Gasteiger partial charge in [0.1, 0.15) is 12.4 Å². The Balaban J connectivity index is 1.59. The van der Waals surface area contributed by atoms with Crippen molar-refractivity contribution in [2.75, 3.05) is 6.61 Å². The molecule has 1 fully saturated rings. The zero-order valence-electron chi connectivity index (χ0n) is 20.6. The summed E-state index contributed by atoms with van der Waals surface area (Å²) in [4.78, 5) is 4.71. The fourth-order valence-corrected chi connectivity index (χ4v) is 3.94. The molecule has 174 valence electrons. The van der Waals surface area contributed by atoms with Crippen molar-refractivity contribution in [2.45, 2.75) is 72.4 Å². The largest absolute Gasteiger partial charge is 0.495 e. The number of aromatic nitrogens is 1. The van der Waals surface area contributed by atoms with Gasteiger partial charge >= 0.3 is 7.12 Å². The number of nitrogens with zero attached hydrogens (tertiary/aromatic N) is 1. The maximum Gasteiger partial charge on any atom is 0.495 e. The summed E-state index contributed by atoms with van der Waals surface area (Å²) >= 11 is 0. The van der Waals surface area contributed by atoms with Gasteiger partial charge in [-0.25, -0.2) is 0 Å². The van der Waals surface area contributed by atoms with Gasteiger partial charge in [0.25, 0.3) is 0 Å². The molecule has 0 aliphatic carbocycles. The average Bonchev–Trinajstić information content (AvgIpc) is 3.02. The first kappa shape index (κ1) is 23.7. The van der Waals surface area contributed by atoms with Gasteiger partial charge in [-0.2, -0.15) is 0 Å². The first-order valence-corrected chi connectivity index (χ1v) is 11.8. The lowest BCUT2D eigenvalue weighted by molar-refractivity contribution is 0.00578. The SMILES string of the molecule is CCOCc1cc(COc2cc(CC)nc3ccccc23)ccc1B1OC(C)(C)C(C)(C)O1. The summed E-state index contributed by atoms with van der Waals surface area (Å²) in [5.41, 5.74) is 4.35. The topological polar surface area (TPSA) is 49.8 Å². The van der Waals surface area contributed by atoms with E-state index < -0.39 is 7.12 Å². The standard InChI is InChI=1S/C27H34BNO4/c1-7-21-16-25(22-11-9-10-12-24(22)29-21)31-17-19-13-14-23(20(15-19)18-30-8-2)28-32-26(3,4)27(5,6)33-28/h9-16H,7-8,17-18H2,1-6H3. The van der Waals surface area contributed by atoms with Crippen LogP contribution in [0.4, 0.5) is 0 Å². The first-order chi connectivity index (χ1) is 15.7. The molecule has 1 aromatic heterocycles. The van der Waals surface area contributed by atoms with Crippen LogP contribution >= 0.6 is 0 Å². The second-order valence-electron chi connectivity index (χ2n) is 9.53. The minimum Gasteiger partial charge on any atom is -0.488 e. The molecule has 0 saturated carbocycles. The van der Waals surface area contributed by atoms with Crippen molar-refractivity contribution >= 4 is 23.5 Å². The van der Waals surface area contributed by atoms with Crippen LogP contribution < -0.4 is 10.2 Å². The van der Waals surface area contributed by atoms with Crippen LogP contribution in [0.15, 0.2) is 48.5 Å². The van der Waals surface area contributed by atoms with E-state index in [0.29, 0.717) is 19.8 Å². The summed E-state index contributed by atoms with van der Waals surface area (Å²) in [5.74, 6) is 0.860. The molecule has 4 rings (SSSR count). The summed E-state index contributed by atoms with van der Waals surface area (Å²) in [6.07, 6.45) is 0.864. The number of hydrogen-bond donors (Lipinski definition) is 0. The molecule has 0 amide bonds. The predicted molar refractivity (Wildman–Crippen MR) is 133 cm³/mol. The Morgan fingerprint density at radius 3 is 2.33 bits per heavy atom. The molecule has 3 aromatic rings. The van der Waals surface area contributed by atoms with Crippen molar-refractivity contribution in [2.24, 2.45) is 0 Å². The van der Waals surface area contributed by atoms with Crippen LogP contribution in [0.1, 0.15) is 58.4 Å². The van der Waals surface area contributed by atoms with E-state index in [1.165, 1.54) is 0 Å². The molecule has 0 bridgehead atoms. The molecule has 2 heterocycles. The molecule has 0 unspecified atom stereocenters. The van der Waals surface area contributed by atoms with E-state index in [4.69, 9.17) is 23.8 Å². The number of pyridine rings is 1. The van der Waals surface area contributed by atoms with E-state index in [1.807, 2.05) is 31.2 Å². The number of aryl methyl sites for hydroxylation is 1. The zero-order chi connectivity index (χ0) is 23.6. The Labute approximate surface area is 197 Å². The molecule has 0 N–H and O–H groups in total. The van der Waals surface area contributed by atoms with Crippen LogP contribution in [0, 0.1) is 0 Å². The fourth-order valence-electron chi connectivity index (χ4n) is 3.94. The number of fused-ring (bicyclic) bond motifs is 1. The van der Waals surface area contributed by atoms with Crippen molar-refractivity contribution in [1.82, 2.24) is 4.98 Å². The van der Waals surface area contributed by atoms with Gasteiger partial charge in [-0.05, 0) is 69.8 Å². The summed E-state index contributed by atoms with van der Waals surface area (Å²) in [5, 5.41) is 1.03. The number of benzene rings is 2.